The van der Waals surface area contributed by atoms with E-state index in [1.807, 2.05) is 0 Å². The Labute approximate surface area is 90.6 Å². The smallest absolute Gasteiger partial charge is 0.152 e. The summed E-state index contributed by atoms with van der Waals surface area (Å²) in [6.45, 7) is 0. The maximum atomic E-state index is 13.3. The molecule has 0 fully saturated rings. The predicted octanol–water partition coefficient (Wildman–Crippen LogP) is 2.84. The van der Waals surface area contributed by atoms with Crippen LogP contribution in [0.25, 0.3) is 11.1 Å². The van der Waals surface area contributed by atoms with Gasteiger partial charge in [0.05, 0.1) is 18.0 Å². The summed E-state index contributed by atoms with van der Waals surface area (Å²) in [7, 11) is 0. The zero-order valence-corrected chi connectivity index (χ0v) is 8.15. The van der Waals surface area contributed by atoms with Crippen molar-refractivity contribution in [2.75, 3.05) is 0 Å². The molecule has 2 aromatic rings. The molecule has 0 aliphatic heterocycles. The summed E-state index contributed by atoms with van der Waals surface area (Å²) >= 11 is 0. The van der Waals surface area contributed by atoms with Gasteiger partial charge in [-0.2, -0.15) is 0 Å². The van der Waals surface area contributed by atoms with Gasteiger partial charge in [-0.3, -0.25) is 9.78 Å². The Hall–Kier alpha value is -2.10. The number of aldehydes is 1. The van der Waals surface area contributed by atoms with Crippen LogP contribution in [-0.2, 0) is 0 Å². The molecule has 2 nitrogen and oxygen atoms in total. The number of aromatic nitrogens is 1. The van der Waals surface area contributed by atoms with E-state index in [0.29, 0.717) is 17.4 Å². The van der Waals surface area contributed by atoms with Crippen molar-refractivity contribution in [3.63, 3.8) is 0 Å². The number of carbonyl (C=O) groups excluding carboxylic acids is 1. The first-order valence-corrected chi connectivity index (χ1v) is 4.57. The van der Waals surface area contributed by atoms with Gasteiger partial charge in [0.15, 0.2) is 11.6 Å². The molecule has 4 heteroatoms. The SMILES string of the molecule is O=Cc1ccc(-c2c(F)cncc2F)cc1. The summed E-state index contributed by atoms with van der Waals surface area (Å²) in [5.41, 5.74) is 0.703. The molecule has 0 N–H and O–H groups in total. The van der Waals surface area contributed by atoms with Crippen molar-refractivity contribution in [3.8, 4) is 11.1 Å². The van der Waals surface area contributed by atoms with Gasteiger partial charge < -0.3 is 0 Å². The Kier molecular flexibility index (Phi) is 2.72. The second kappa shape index (κ2) is 4.18. The molecule has 0 unspecified atom stereocenters. The van der Waals surface area contributed by atoms with Crippen LogP contribution >= 0.6 is 0 Å². The van der Waals surface area contributed by atoms with E-state index in [4.69, 9.17) is 0 Å². The van der Waals surface area contributed by atoms with Crippen LogP contribution in [0.15, 0.2) is 36.7 Å². The average molecular weight is 219 g/mol. The average Bonchev–Trinajstić information content (AvgIpc) is 2.30. The van der Waals surface area contributed by atoms with Crippen LogP contribution in [-0.4, -0.2) is 11.3 Å². The number of carbonyl (C=O) groups is 1. The Bertz CT molecular complexity index is 503. The minimum atomic E-state index is -0.723. The van der Waals surface area contributed by atoms with E-state index in [2.05, 4.69) is 4.98 Å². The summed E-state index contributed by atoms with van der Waals surface area (Å²) in [5, 5.41) is 0. The Morgan fingerprint density at radius 3 is 2.06 bits per heavy atom. The fraction of sp³-hybridized carbons (Fsp3) is 0. The summed E-state index contributed by atoms with van der Waals surface area (Å²) in [5.74, 6) is -1.45. The van der Waals surface area contributed by atoms with Crippen molar-refractivity contribution >= 4 is 6.29 Å². The molecule has 2 rings (SSSR count). The molecule has 0 saturated heterocycles. The number of rotatable bonds is 2. The third-order valence-electron chi connectivity index (χ3n) is 2.19. The third kappa shape index (κ3) is 1.82. The quantitative estimate of drug-likeness (QED) is 0.727. The monoisotopic (exact) mass is 219 g/mol. The number of benzene rings is 1. The highest BCUT2D eigenvalue weighted by atomic mass is 19.1. The molecule has 80 valence electrons. The predicted molar refractivity (Wildman–Crippen MR) is 55.0 cm³/mol. The zero-order chi connectivity index (χ0) is 11.5. The van der Waals surface area contributed by atoms with E-state index < -0.39 is 11.6 Å². The minimum Gasteiger partial charge on any atom is -0.298 e. The molecule has 16 heavy (non-hydrogen) atoms. The molecule has 1 heterocycles. The van der Waals surface area contributed by atoms with Gasteiger partial charge in [-0.25, -0.2) is 8.78 Å². The lowest BCUT2D eigenvalue weighted by molar-refractivity contribution is 0.112. The number of hydrogen-bond acceptors (Lipinski definition) is 2. The Morgan fingerprint density at radius 2 is 1.56 bits per heavy atom. The first-order valence-electron chi connectivity index (χ1n) is 4.57. The number of nitrogens with zero attached hydrogens (tertiary/aromatic N) is 1. The van der Waals surface area contributed by atoms with Crippen LogP contribution in [0.1, 0.15) is 10.4 Å². The second-order valence-electron chi connectivity index (χ2n) is 3.22. The topological polar surface area (TPSA) is 30.0 Å². The molecule has 0 aliphatic carbocycles. The Balaban J connectivity index is 2.54. The molecule has 0 aliphatic rings. The van der Waals surface area contributed by atoms with Crippen molar-refractivity contribution in [2.24, 2.45) is 0 Å². The van der Waals surface area contributed by atoms with E-state index >= 15 is 0 Å². The van der Waals surface area contributed by atoms with Crippen molar-refractivity contribution in [3.05, 3.63) is 53.9 Å². The van der Waals surface area contributed by atoms with Crippen molar-refractivity contribution in [1.29, 1.82) is 0 Å². The van der Waals surface area contributed by atoms with Crippen molar-refractivity contribution in [1.82, 2.24) is 4.98 Å². The van der Waals surface area contributed by atoms with Crippen molar-refractivity contribution < 1.29 is 13.6 Å². The summed E-state index contributed by atoms with van der Waals surface area (Å²) in [6.07, 6.45) is 2.57. The van der Waals surface area contributed by atoms with Gasteiger partial charge in [0.2, 0.25) is 0 Å². The molecule has 0 bridgehead atoms. The fourth-order valence-electron chi connectivity index (χ4n) is 1.42. The maximum Gasteiger partial charge on any atom is 0.152 e. The van der Waals surface area contributed by atoms with E-state index in [-0.39, 0.29) is 5.56 Å². The molecule has 0 spiro atoms. The molecule has 1 aromatic carbocycles. The molecule has 0 saturated carbocycles. The first-order chi connectivity index (χ1) is 7.72. The van der Waals surface area contributed by atoms with Crippen LogP contribution in [0.5, 0.6) is 0 Å². The first kappa shape index (κ1) is 10.4. The van der Waals surface area contributed by atoms with E-state index in [1.165, 1.54) is 24.3 Å². The number of hydrogen-bond donors (Lipinski definition) is 0. The van der Waals surface area contributed by atoms with Gasteiger partial charge in [0.1, 0.15) is 6.29 Å². The van der Waals surface area contributed by atoms with Crippen LogP contribution in [0.4, 0.5) is 8.78 Å². The molecule has 0 amide bonds. The van der Waals surface area contributed by atoms with Gasteiger partial charge in [-0.05, 0) is 5.56 Å². The van der Waals surface area contributed by atoms with Gasteiger partial charge in [-0.15, -0.1) is 0 Å². The lowest BCUT2D eigenvalue weighted by Gasteiger charge is -2.04. The van der Waals surface area contributed by atoms with Gasteiger partial charge in [0.25, 0.3) is 0 Å². The highest BCUT2D eigenvalue weighted by molar-refractivity contribution is 5.77. The van der Waals surface area contributed by atoms with E-state index in [9.17, 15) is 13.6 Å². The molecule has 1 aromatic heterocycles. The molecule has 0 radical (unpaired) electrons. The summed E-state index contributed by atoms with van der Waals surface area (Å²) < 4.78 is 26.7. The summed E-state index contributed by atoms with van der Waals surface area (Å²) in [6, 6.07) is 5.99. The van der Waals surface area contributed by atoms with Gasteiger partial charge in [-0.1, -0.05) is 24.3 Å². The van der Waals surface area contributed by atoms with Crippen LogP contribution < -0.4 is 0 Å². The van der Waals surface area contributed by atoms with Crippen LogP contribution in [0, 0.1) is 11.6 Å². The Morgan fingerprint density at radius 1 is 1.00 bits per heavy atom. The largest absolute Gasteiger partial charge is 0.298 e. The molecule has 0 atom stereocenters. The number of pyridine rings is 1. The highest BCUT2D eigenvalue weighted by Gasteiger charge is 2.11. The van der Waals surface area contributed by atoms with Crippen LogP contribution in [0.3, 0.4) is 0 Å². The highest BCUT2D eigenvalue weighted by Crippen LogP contribution is 2.24. The number of halogens is 2. The minimum absolute atomic E-state index is 0.132. The fourth-order valence-corrected chi connectivity index (χ4v) is 1.42. The maximum absolute atomic E-state index is 13.3. The normalized spacial score (nSPS) is 10.1. The van der Waals surface area contributed by atoms with Crippen molar-refractivity contribution in [2.45, 2.75) is 0 Å². The third-order valence-corrected chi connectivity index (χ3v) is 2.19. The zero-order valence-electron chi connectivity index (χ0n) is 8.15. The lowest BCUT2D eigenvalue weighted by Crippen LogP contribution is -1.92. The summed E-state index contributed by atoms with van der Waals surface area (Å²) in [4.78, 5) is 13.8. The van der Waals surface area contributed by atoms with Gasteiger partial charge >= 0.3 is 0 Å². The molecular formula is C12H7F2NO. The van der Waals surface area contributed by atoms with Gasteiger partial charge in [0, 0.05) is 5.56 Å². The molecular weight excluding hydrogens is 212 g/mol. The lowest BCUT2D eigenvalue weighted by atomic mass is 10.0. The standard InChI is InChI=1S/C12H7F2NO/c13-10-5-15-6-11(14)12(10)9-3-1-8(7-16)2-4-9/h1-7H. The van der Waals surface area contributed by atoms with Crippen LogP contribution in [0.2, 0.25) is 0 Å². The second-order valence-corrected chi connectivity index (χ2v) is 3.22. The van der Waals surface area contributed by atoms with E-state index in [0.717, 1.165) is 12.4 Å². The van der Waals surface area contributed by atoms with E-state index in [1.54, 1.807) is 0 Å².